The highest BCUT2D eigenvalue weighted by molar-refractivity contribution is 7.17. The van der Waals surface area contributed by atoms with Crippen molar-refractivity contribution in [3.05, 3.63) is 40.1 Å². The van der Waals surface area contributed by atoms with Crippen molar-refractivity contribution < 1.29 is 0 Å². The molecule has 0 fully saturated rings. The Balaban J connectivity index is 2.30. The average Bonchev–Trinajstić information content (AvgIpc) is 2.83. The number of fused-ring (bicyclic) bond motifs is 1. The van der Waals surface area contributed by atoms with Crippen molar-refractivity contribution in [1.82, 2.24) is 14.8 Å². The zero-order valence-electron chi connectivity index (χ0n) is 8.60. The van der Waals surface area contributed by atoms with E-state index >= 15 is 0 Å². The summed E-state index contributed by atoms with van der Waals surface area (Å²) < 4.78 is 2.51. The first-order valence-corrected chi connectivity index (χ1v) is 5.73. The highest BCUT2D eigenvalue weighted by Gasteiger charge is 2.10. The number of aryl methyl sites for hydroxylation is 1. The molecule has 0 saturated heterocycles. The molecule has 1 N–H and O–H groups in total. The Kier molecular flexibility index (Phi) is 1.94. The second kappa shape index (κ2) is 3.31. The molecule has 0 atom stereocenters. The van der Waals surface area contributed by atoms with Gasteiger partial charge < -0.3 is 0 Å². The molecule has 0 radical (unpaired) electrons. The van der Waals surface area contributed by atoms with Gasteiger partial charge in [0.15, 0.2) is 5.82 Å². The molecule has 16 heavy (non-hydrogen) atoms. The fourth-order valence-electron chi connectivity index (χ4n) is 1.68. The predicted molar refractivity (Wildman–Crippen MR) is 64.6 cm³/mol. The average molecular weight is 231 g/mol. The first-order valence-electron chi connectivity index (χ1n) is 4.85. The van der Waals surface area contributed by atoms with Crippen molar-refractivity contribution in [3.63, 3.8) is 0 Å². The number of thiophene rings is 1. The molecule has 4 nitrogen and oxygen atoms in total. The Morgan fingerprint density at radius 3 is 2.94 bits per heavy atom. The molecule has 0 aliphatic rings. The van der Waals surface area contributed by atoms with E-state index in [0.29, 0.717) is 5.82 Å². The number of aromatic nitrogens is 3. The number of hydrogen-bond donors (Lipinski definition) is 1. The van der Waals surface area contributed by atoms with E-state index in [1.807, 2.05) is 23.6 Å². The molecule has 0 aliphatic heterocycles. The fraction of sp³-hybridized carbons (Fsp3) is 0.0909. The van der Waals surface area contributed by atoms with E-state index in [1.165, 1.54) is 9.38 Å². The van der Waals surface area contributed by atoms with Gasteiger partial charge >= 0.3 is 5.69 Å². The maximum Gasteiger partial charge on any atom is 0.343 e. The van der Waals surface area contributed by atoms with Crippen LogP contribution in [0.3, 0.4) is 0 Å². The molecule has 2 heterocycles. The molecule has 1 aromatic carbocycles. The summed E-state index contributed by atoms with van der Waals surface area (Å²) in [6.45, 7) is 0. The molecule has 5 heteroatoms. The van der Waals surface area contributed by atoms with Gasteiger partial charge in [0.05, 0.1) is 0 Å². The van der Waals surface area contributed by atoms with Crippen molar-refractivity contribution in [2.75, 3.05) is 0 Å². The summed E-state index contributed by atoms with van der Waals surface area (Å²) >= 11 is 1.65. The molecule has 3 aromatic rings. The molecule has 0 amide bonds. The quantitative estimate of drug-likeness (QED) is 0.696. The van der Waals surface area contributed by atoms with Gasteiger partial charge in [0.2, 0.25) is 0 Å². The molecular formula is C11H9N3OS. The third-order valence-electron chi connectivity index (χ3n) is 2.51. The maximum absolute atomic E-state index is 11.3. The molecular weight excluding hydrogens is 222 g/mol. The van der Waals surface area contributed by atoms with Crippen LogP contribution in [-0.2, 0) is 7.05 Å². The first kappa shape index (κ1) is 9.35. The Hall–Kier alpha value is -1.88. The minimum atomic E-state index is -0.190. The van der Waals surface area contributed by atoms with E-state index in [4.69, 9.17) is 0 Å². The van der Waals surface area contributed by atoms with Gasteiger partial charge in [-0.3, -0.25) is 4.98 Å². The number of aromatic amines is 1. The van der Waals surface area contributed by atoms with E-state index in [2.05, 4.69) is 16.1 Å². The molecule has 0 spiro atoms. The molecule has 0 bridgehead atoms. The van der Waals surface area contributed by atoms with Crippen LogP contribution in [0.25, 0.3) is 21.5 Å². The van der Waals surface area contributed by atoms with Crippen LogP contribution in [0.1, 0.15) is 0 Å². The highest BCUT2D eigenvalue weighted by atomic mass is 32.1. The van der Waals surface area contributed by atoms with Crippen molar-refractivity contribution in [2.45, 2.75) is 0 Å². The van der Waals surface area contributed by atoms with E-state index in [1.54, 1.807) is 18.4 Å². The summed E-state index contributed by atoms with van der Waals surface area (Å²) in [5, 5.41) is 7.30. The summed E-state index contributed by atoms with van der Waals surface area (Å²) in [5.41, 5.74) is 0.795. The molecule has 0 aliphatic carbocycles. The summed E-state index contributed by atoms with van der Waals surface area (Å²) in [7, 11) is 1.64. The third-order valence-corrected chi connectivity index (χ3v) is 3.47. The topological polar surface area (TPSA) is 50.7 Å². The lowest BCUT2D eigenvalue weighted by molar-refractivity contribution is 0.736. The minimum Gasteiger partial charge on any atom is -0.289 e. The molecule has 2 aromatic heterocycles. The monoisotopic (exact) mass is 231 g/mol. The Labute approximate surface area is 95.2 Å². The van der Waals surface area contributed by atoms with Crippen LogP contribution in [0.4, 0.5) is 0 Å². The number of rotatable bonds is 1. The predicted octanol–water partition coefficient (Wildman–Crippen LogP) is 1.99. The zero-order valence-corrected chi connectivity index (χ0v) is 9.41. The van der Waals surface area contributed by atoms with Gasteiger partial charge in [-0.15, -0.1) is 11.3 Å². The second-order valence-corrected chi connectivity index (χ2v) is 4.46. The van der Waals surface area contributed by atoms with Crippen molar-refractivity contribution in [3.8, 4) is 11.4 Å². The van der Waals surface area contributed by atoms with Crippen molar-refractivity contribution in [2.24, 2.45) is 7.05 Å². The number of H-pyrrole nitrogens is 1. The number of nitrogens with zero attached hydrogens (tertiary/aromatic N) is 2. The highest BCUT2D eigenvalue weighted by Crippen LogP contribution is 2.31. The van der Waals surface area contributed by atoms with Crippen LogP contribution >= 0.6 is 11.3 Å². The Bertz CT molecular complexity index is 707. The van der Waals surface area contributed by atoms with E-state index in [-0.39, 0.29) is 5.69 Å². The molecule has 3 rings (SSSR count). The second-order valence-electron chi connectivity index (χ2n) is 3.55. The molecule has 0 unspecified atom stereocenters. The summed E-state index contributed by atoms with van der Waals surface area (Å²) in [5.74, 6) is 0.630. The van der Waals surface area contributed by atoms with Gasteiger partial charge in [-0.05, 0) is 6.07 Å². The minimum absolute atomic E-state index is 0.190. The van der Waals surface area contributed by atoms with Gasteiger partial charge in [-0.25, -0.2) is 9.48 Å². The fourth-order valence-corrected chi connectivity index (χ4v) is 2.63. The number of benzene rings is 1. The Morgan fingerprint density at radius 2 is 2.19 bits per heavy atom. The lowest BCUT2D eigenvalue weighted by atomic mass is 10.2. The molecule has 80 valence electrons. The van der Waals surface area contributed by atoms with Crippen LogP contribution < -0.4 is 5.69 Å². The summed E-state index contributed by atoms with van der Waals surface area (Å²) in [6.07, 6.45) is 0. The molecule has 0 saturated carbocycles. The first-order chi connectivity index (χ1) is 7.75. The van der Waals surface area contributed by atoms with E-state index < -0.39 is 0 Å². The van der Waals surface area contributed by atoms with Crippen molar-refractivity contribution in [1.29, 1.82) is 0 Å². The van der Waals surface area contributed by atoms with Crippen LogP contribution in [-0.4, -0.2) is 14.8 Å². The lowest BCUT2D eigenvalue weighted by Crippen LogP contribution is -2.13. The smallest absolute Gasteiger partial charge is 0.289 e. The summed E-state index contributed by atoms with van der Waals surface area (Å²) in [4.78, 5) is 14.1. The Morgan fingerprint density at radius 1 is 1.38 bits per heavy atom. The number of hydrogen-bond acceptors (Lipinski definition) is 3. The SMILES string of the molecule is Cn1nc(-c2csc3ccccc23)[nH]c1=O. The zero-order chi connectivity index (χ0) is 11.1. The summed E-state index contributed by atoms with van der Waals surface area (Å²) in [6, 6.07) is 8.09. The normalized spacial score (nSPS) is 11.1. The van der Waals surface area contributed by atoms with Crippen LogP contribution in [0.5, 0.6) is 0 Å². The number of nitrogens with one attached hydrogen (secondary N) is 1. The van der Waals surface area contributed by atoms with Gasteiger partial charge in [-0.1, -0.05) is 18.2 Å². The van der Waals surface area contributed by atoms with Crippen LogP contribution in [0.15, 0.2) is 34.4 Å². The largest absolute Gasteiger partial charge is 0.343 e. The van der Waals surface area contributed by atoms with Crippen LogP contribution in [0, 0.1) is 0 Å². The van der Waals surface area contributed by atoms with E-state index in [9.17, 15) is 4.79 Å². The van der Waals surface area contributed by atoms with E-state index in [0.717, 1.165) is 10.9 Å². The van der Waals surface area contributed by atoms with Crippen LogP contribution in [0.2, 0.25) is 0 Å². The van der Waals surface area contributed by atoms with Gasteiger partial charge in [0.25, 0.3) is 0 Å². The third kappa shape index (κ3) is 1.29. The van der Waals surface area contributed by atoms with Gasteiger partial charge in [-0.2, -0.15) is 5.10 Å². The standard InChI is InChI=1S/C11H9N3OS/c1-14-11(15)12-10(13-14)8-6-16-9-5-3-2-4-7(8)9/h2-6H,1H3,(H,12,13,15). The van der Waals surface area contributed by atoms with Gasteiger partial charge in [0, 0.05) is 28.1 Å². The van der Waals surface area contributed by atoms with Gasteiger partial charge in [0.1, 0.15) is 0 Å². The lowest BCUT2D eigenvalue weighted by Gasteiger charge is -1.92. The maximum atomic E-state index is 11.3. The van der Waals surface area contributed by atoms with Crippen molar-refractivity contribution >= 4 is 21.4 Å².